The number of halogens is 3. The van der Waals surface area contributed by atoms with Crippen LogP contribution < -0.4 is 0 Å². The topological polar surface area (TPSA) is 3.24 Å². The van der Waals surface area contributed by atoms with Crippen LogP contribution >= 0.6 is 0 Å². The van der Waals surface area contributed by atoms with Gasteiger partial charge in [-0.15, -0.1) is 0 Å². The first-order valence-corrected chi connectivity index (χ1v) is 4.33. The summed E-state index contributed by atoms with van der Waals surface area (Å²) < 4.78 is 36.7. The van der Waals surface area contributed by atoms with Crippen LogP contribution in [-0.4, -0.2) is 30.7 Å². The quantitative estimate of drug-likeness (QED) is 0.600. The fraction of sp³-hybridized carbons (Fsp3) is 1.00. The molecule has 1 fully saturated rings. The zero-order chi connectivity index (χ0) is 9.19. The van der Waals surface area contributed by atoms with E-state index in [4.69, 9.17) is 0 Å². The number of rotatable bonds is 1. The molecule has 0 aromatic rings. The van der Waals surface area contributed by atoms with Gasteiger partial charge in [0.25, 0.3) is 0 Å². The van der Waals surface area contributed by atoms with Gasteiger partial charge in [-0.1, -0.05) is 6.92 Å². The van der Waals surface area contributed by atoms with Crippen molar-refractivity contribution in [2.45, 2.75) is 25.9 Å². The lowest BCUT2D eigenvalue weighted by atomic mass is 9.98. The maximum atomic E-state index is 12.2. The molecule has 0 amide bonds. The van der Waals surface area contributed by atoms with E-state index < -0.39 is 12.1 Å². The van der Waals surface area contributed by atoms with Crippen molar-refractivity contribution in [1.82, 2.24) is 4.90 Å². The average molecular weight is 181 g/mol. The SMILES string of the molecule is CCN1CCCC(C(F)(F)F)C1. The number of piperidine rings is 1. The van der Waals surface area contributed by atoms with Crippen molar-refractivity contribution in [3.8, 4) is 0 Å². The summed E-state index contributed by atoms with van der Waals surface area (Å²) >= 11 is 0. The summed E-state index contributed by atoms with van der Waals surface area (Å²) in [6.07, 6.45) is -3.01. The van der Waals surface area contributed by atoms with Gasteiger partial charge in [0, 0.05) is 6.54 Å². The van der Waals surface area contributed by atoms with Crippen LogP contribution in [-0.2, 0) is 0 Å². The minimum atomic E-state index is -3.99. The first kappa shape index (κ1) is 9.84. The third-order valence-corrected chi connectivity index (χ3v) is 2.42. The van der Waals surface area contributed by atoms with Crippen molar-refractivity contribution in [3.63, 3.8) is 0 Å². The Morgan fingerprint density at radius 3 is 2.58 bits per heavy atom. The second-order valence-corrected chi connectivity index (χ2v) is 3.27. The Bertz CT molecular complexity index is 144. The van der Waals surface area contributed by atoms with Gasteiger partial charge in [0.15, 0.2) is 0 Å². The van der Waals surface area contributed by atoms with E-state index in [1.54, 1.807) is 0 Å². The third-order valence-electron chi connectivity index (χ3n) is 2.42. The molecule has 0 aromatic heterocycles. The van der Waals surface area contributed by atoms with Crippen LogP contribution in [0, 0.1) is 5.92 Å². The molecule has 0 aromatic carbocycles. The summed E-state index contributed by atoms with van der Waals surface area (Å²) in [5.74, 6) is -1.09. The van der Waals surface area contributed by atoms with Gasteiger partial charge >= 0.3 is 6.18 Å². The van der Waals surface area contributed by atoms with E-state index in [0.717, 1.165) is 13.1 Å². The predicted molar refractivity (Wildman–Crippen MR) is 40.9 cm³/mol. The first-order valence-electron chi connectivity index (χ1n) is 4.33. The van der Waals surface area contributed by atoms with E-state index in [0.29, 0.717) is 12.8 Å². The molecule has 1 saturated heterocycles. The summed E-state index contributed by atoms with van der Waals surface area (Å²) in [4.78, 5) is 1.86. The number of nitrogens with zero attached hydrogens (tertiary/aromatic N) is 1. The zero-order valence-corrected chi connectivity index (χ0v) is 7.19. The van der Waals surface area contributed by atoms with Crippen molar-refractivity contribution in [2.75, 3.05) is 19.6 Å². The minimum Gasteiger partial charge on any atom is -0.303 e. The first-order chi connectivity index (χ1) is 5.54. The maximum Gasteiger partial charge on any atom is 0.393 e. The van der Waals surface area contributed by atoms with Gasteiger partial charge in [0.1, 0.15) is 0 Å². The zero-order valence-electron chi connectivity index (χ0n) is 7.19. The molecule has 72 valence electrons. The second kappa shape index (κ2) is 3.64. The molecular formula is C8H14F3N. The molecule has 1 atom stereocenters. The Balaban J connectivity index is 2.46. The van der Waals surface area contributed by atoms with Gasteiger partial charge < -0.3 is 4.90 Å². The lowest BCUT2D eigenvalue weighted by molar-refractivity contribution is -0.186. The van der Waals surface area contributed by atoms with Crippen molar-refractivity contribution >= 4 is 0 Å². The minimum absolute atomic E-state index is 0.194. The Hall–Kier alpha value is -0.250. The highest BCUT2D eigenvalue weighted by Gasteiger charge is 2.41. The molecule has 12 heavy (non-hydrogen) atoms. The van der Waals surface area contributed by atoms with Crippen LogP contribution in [0.15, 0.2) is 0 Å². The van der Waals surface area contributed by atoms with Crippen LogP contribution in [0.25, 0.3) is 0 Å². The molecule has 1 aliphatic rings. The maximum absolute atomic E-state index is 12.2. The Morgan fingerprint density at radius 1 is 1.42 bits per heavy atom. The predicted octanol–water partition coefficient (Wildman–Crippen LogP) is 2.28. The molecule has 1 nitrogen and oxygen atoms in total. The van der Waals surface area contributed by atoms with E-state index in [9.17, 15) is 13.2 Å². The van der Waals surface area contributed by atoms with E-state index in [1.165, 1.54) is 0 Å². The van der Waals surface area contributed by atoms with Gasteiger partial charge in [-0.25, -0.2) is 0 Å². The molecule has 0 radical (unpaired) electrons. The summed E-state index contributed by atoms with van der Waals surface area (Å²) in [6, 6.07) is 0. The van der Waals surface area contributed by atoms with Crippen LogP contribution in [0.2, 0.25) is 0 Å². The van der Waals surface area contributed by atoms with Crippen molar-refractivity contribution in [3.05, 3.63) is 0 Å². The molecule has 0 aliphatic carbocycles. The summed E-state index contributed by atoms with van der Waals surface area (Å²) in [5, 5.41) is 0. The Labute approximate surface area is 70.5 Å². The fourth-order valence-corrected chi connectivity index (χ4v) is 1.61. The standard InChI is InChI=1S/C8H14F3N/c1-2-12-5-3-4-7(6-12)8(9,10)11/h7H,2-6H2,1H3. The third kappa shape index (κ3) is 2.37. The monoisotopic (exact) mass is 181 g/mol. The molecule has 1 heterocycles. The smallest absolute Gasteiger partial charge is 0.303 e. The molecule has 1 aliphatic heterocycles. The summed E-state index contributed by atoms with van der Waals surface area (Å²) in [5.41, 5.74) is 0. The van der Waals surface area contributed by atoms with Crippen LogP contribution in [0.1, 0.15) is 19.8 Å². The second-order valence-electron chi connectivity index (χ2n) is 3.27. The van der Waals surface area contributed by atoms with E-state index >= 15 is 0 Å². The molecule has 0 spiro atoms. The van der Waals surface area contributed by atoms with Gasteiger partial charge in [0.05, 0.1) is 5.92 Å². The molecule has 1 rings (SSSR count). The molecule has 1 unspecified atom stereocenters. The normalized spacial score (nSPS) is 27.5. The fourth-order valence-electron chi connectivity index (χ4n) is 1.61. The molecule has 0 N–H and O–H groups in total. The average Bonchev–Trinajstić information content (AvgIpc) is 2.03. The van der Waals surface area contributed by atoms with Crippen LogP contribution in [0.5, 0.6) is 0 Å². The number of hydrogen-bond donors (Lipinski definition) is 0. The van der Waals surface area contributed by atoms with Crippen LogP contribution in [0.3, 0.4) is 0 Å². The van der Waals surface area contributed by atoms with E-state index in [-0.39, 0.29) is 6.54 Å². The number of likely N-dealkylation sites (tertiary alicyclic amines) is 1. The number of hydrogen-bond acceptors (Lipinski definition) is 1. The Kier molecular flexibility index (Phi) is 2.99. The lowest BCUT2D eigenvalue weighted by Gasteiger charge is -2.32. The van der Waals surface area contributed by atoms with Gasteiger partial charge in [-0.3, -0.25) is 0 Å². The van der Waals surface area contributed by atoms with Gasteiger partial charge in [0.2, 0.25) is 0 Å². The summed E-state index contributed by atoms with van der Waals surface area (Å²) in [6.45, 7) is 3.65. The summed E-state index contributed by atoms with van der Waals surface area (Å²) in [7, 11) is 0. The molecular weight excluding hydrogens is 167 g/mol. The highest BCUT2D eigenvalue weighted by Crippen LogP contribution is 2.32. The van der Waals surface area contributed by atoms with Crippen molar-refractivity contribution in [2.24, 2.45) is 5.92 Å². The largest absolute Gasteiger partial charge is 0.393 e. The molecule has 0 saturated carbocycles. The Morgan fingerprint density at radius 2 is 2.08 bits per heavy atom. The highest BCUT2D eigenvalue weighted by molar-refractivity contribution is 4.77. The van der Waals surface area contributed by atoms with Gasteiger partial charge in [-0.05, 0) is 25.9 Å². The van der Waals surface area contributed by atoms with Crippen molar-refractivity contribution < 1.29 is 13.2 Å². The van der Waals surface area contributed by atoms with E-state index in [1.807, 2.05) is 11.8 Å². The highest BCUT2D eigenvalue weighted by atomic mass is 19.4. The molecule has 4 heteroatoms. The lowest BCUT2D eigenvalue weighted by Crippen LogP contribution is -2.41. The molecule has 0 bridgehead atoms. The number of alkyl halides is 3. The van der Waals surface area contributed by atoms with Crippen LogP contribution in [0.4, 0.5) is 13.2 Å². The van der Waals surface area contributed by atoms with E-state index in [2.05, 4.69) is 0 Å². The van der Waals surface area contributed by atoms with Gasteiger partial charge in [-0.2, -0.15) is 13.2 Å². The van der Waals surface area contributed by atoms with Crippen molar-refractivity contribution in [1.29, 1.82) is 0 Å².